The van der Waals surface area contributed by atoms with Gasteiger partial charge in [0.25, 0.3) is 0 Å². The molecule has 1 fully saturated rings. The van der Waals surface area contributed by atoms with Gasteiger partial charge in [0.05, 0.1) is 11.7 Å². The zero-order chi connectivity index (χ0) is 12.4. The molecule has 1 saturated heterocycles. The first-order chi connectivity index (χ1) is 8.11. The summed E-state index contributed by atoms with van der Waals surface area (Å²) < 4.78 is 13.5. The van der Waals surface area contributed by atoms with Crippen molar-refractivity contribution in [2.75, 3.05) is 18.0 Å². The van der Waals surface area contributed by atoms with E-state index in [9.17, 15) is 9.50 Å². The summed E-state index contributed by atoms with van der Waals surface area (Å²) in [5.74, 6) is -0.215. The van der Waals surface area contributed by atoms with Crippen molar-refractivity contribution in [1.29, 1.82) is 5.26 Å². The lowest BCUT2D eigenvalue weighted by Gasteiger charge is -2.35. The maximum atomic E-state index is 13.5. The molecule has 0 radical (unpaired) electrons. The Morgan fingerprint density at radius 3 is 2.88 bits per heavy atom. The van der Waals surface area contributed by atoms with Crippen LogP contribution in [-0.4, -0.2) is 24.3 Å². The van der Waals surface area contributed by atoms with Gasteiger partial charge in [-0.25, -0.2) is 4.39 Å². The van der Waals surface area contributed by atoms with Crippen LogP contribution in [0.25, 0.3) is 0 Å². The van der Waals surface area contributed by atoms with Gasteiger partial charge in [-0.05, 0) is 30.5 Å². The highest BCUT2D eigenvalue weighted by molar-refractivity contribution is 5.50. The fourth-order valence-corrected chi connectivity index (χ4v) is 2.07. The lowest BCUT2D eigenvalue weighted by atomic mass is 9.95. The summed E-state index contributed by atoms with van der Waals surface area (Å²) in [6, 6.07) is 6.37. The van der Waals surface area contributed by atoms with E-state index in [-0.39, 0.29) is 17.6 Å². The fourth-order valence-electron chi connectivity index (χ4n) is 2.07. The molecule has 0 spiro atoms. The van der Waals surface area contributed by atoms with E-state index < -0.39 is 5.82 Å². The van der Waals surface area contributed by atoms with Crippen LogP contribution in [0.5, 0.6) is 0 Å². The minimum Gasteiger partial charge on any atom is -0.391 e. The Bertz CT molecular complexity index is 455. The van der Waals surface area contributed by atoms with Gasteiger partial charge in [-0.3, -0.25) is 0 Å². The van der Waals surface area contributed by atoms with Crippen LogP contribution >= 0.6 is 0 Å². The quantitative estimate of drug-likeness (QED) is 0.807. The molecule has 2 rings (SSSR count). The van der Waals surface area contributed by atoms with Crippen molar-refractivity contribution in [2.24, 2.45) is 5.92 Å². The highest BCUT2D eigenvalue weighted by atomic mass is 19.1. The molecule has 0 amide bonds. The van der Waals surface area contributed by atoms with Crippen LogP contribution in [0.2, 0.25) is 0 Å². The summed E-state index contributed by atoms with van der Waals surface area (Å²) in [7, 11) is 0. The number of nitriles is 1. The van der Waals surface area contributed by atoms with Crippen molar-refractivity contribution >= 4 is 5.69 Å². The van der Waals surface area contributed by atoms with Crippen LogP contribution in [0.3, 0.4) is 0 Å². The van der Waals surface area contributed by atoms with E-state index in [0.717, 1.165) is 18.7 Å². The number of rotatable bonds is 1. The summed E-state index contributed by atoms with van der Waals surface area (Å²) in [5, 5.41) is 18.4. The largest absolute Gasteiger partial charge is 0.391 e. The molecule has 2 unspecified atom stereocenters. The second kappa shape index (κ2) is 4.72. The molecule has 1 aliphatic heterocycles. The number of aliphatic hydroxyl groups is 1. The molecule has 17 heavy (non-hydrogen) atoms. The molecule has 1 aromatic rings. The third-order valence-electron chi connectivity index (χ3n) is 3.36. The zero-order valence-electron chi connectivity index (χ0n) is 9.73. The standard InChI is InChI=1S/C13H15FN2O/c1-9-4-5-16(8-13(9)17)11-3-2-10(7-15)12(14)6-11/h2-3,6,9,13,17H,4-5,8H2,1H3. The molecular weight excluding hydrogens is 219 g/mol. The topological polar surface area (TPSA) is 47.3 Å². The first-order valence-electron chi connectivity index (χ1n) is 5.74. The van der Waals surface area contributed by atoms with E-state index in [1.54, 1.807) is 12.1 Å². The third kappa shape index (κ3) is 2.40. The van der Waals surface area contributed by atoms with E-state index in [2.05, 4.69) is 0 Å². The van der Waals surface area contributed by atoms with Gasteiger partial charge >= 0.3 is 0 Å². The molecular formula is C13H15FN2O. The maximum Gasteiger partial charge on any atom is 0.143 e. The number of anilines is 1. The molecule has 1 aliphatic rings. The number of piperidine rings is 1. The van der Waals surface area contributed by atoms with E-state index in [1.807, 2.05) is 11.8 Å². The summed E-state index contributed by atoms with van der Waals surface area (Å²) in [4.78, 5) is 1.95. The van der Waals surface area contributed by atoms with E-state index in [0.29, 0.717) is 6.54 Å². The monoisotopic (exact) mass is 234 g/mol. The summed E-state index contributed by atoms with van der Waals surface area (Å²) in [5.41, 5.74) is 0.784. The average molecular weight is 234 g/mol. The number of benzene rings is 1. The van der Waals surface area contributed by atoms with Crippen molar-refractivity contribution in [3.8, 4) is 6.07 Å². The van der Waals surface area contributed by atoms with Crippen LogP contribution in [0.1, 0.15) is 18.9 Å². The molecule has 1 aromatic carbocycles. The predicted molar refractivity (Wildman–Crippen MR) is 63.1 cm³/mol. The van der Waals surface area contributed by atoms with Gasteiger partial charge in [0.15, 0.2) is 0 Å². The van der Waals surface area contributed by atoms with Gasteiger partial charge in [-0.1, -0.05) is 6.92 Å². The van der Waals surface area contributed by atoms with E-state index in [1.165, 1.54) is 12.1 Å². The van der Waals surface area contributed by atoms with Gasteiger partial charge in [0.1, 0.15) is 11.9 Å². The SMILES string of the molecule is CC1CCN(c2ccc(C#N)c(F)c2)CC1O. The minimum atomic E-state index is -0.502. The molecule has 1 N–H and O–H groups in total. The normalized spacial score (nSPS) is 24.5. The number of hydrogen-bond donors (Lipinski definition) is 1. The molecule has 4 heteroatoms. The van der Waals surface area contributed by atoms with Gasteiger partial charge < -0.3 is 10.0 Å². The van der Waals surface area contributed by atoms with E-state index >= 15 is 0 Å². The Hall–Kier alpha value is -1.60. The van der Waals surface area contributed by atoms with E-state index in [4.69, 9.17) is 5.26 Å². The Kier molecular flexibility index (Phi) is 3.30. The lowest BCUT2D eigenvalue weighted by Crippen LogP contribution is -2.42. The second-order valence-corrected chi connectivity index (χ2v) is 4.56. The number of nitrogens with zero attached hydrogens (tertiary/aromatic N) is 2. The van der Waals surface area contributed by atoms with Crippen LogP contribution in [0.4, 0.5) is 10.1 Å². The summed E-state index contributed by atoms with van der Waals surface area (Å²) in [6.45, 7) is 3.34. The number of aliphatic hydroxyl groups excluding tert-OH is 1. The highest BCUT2D eigenvalue weighted by Crippen LogP contribution is 2.24. The number of halogens is 1. The van der Waals surface area contributed by atoms with Gasteiger partial charge in [0.2, 0.25) is 0 Å². The summed E-state index contributed by atoms with van der Waals surface area (Å²) >= 11 is 0. The minimum absolute atomic E-state index is 0.0553. The molecule has 90 valence electrons. The Balaban J connectivity index is 2.18. The summed E-state index contributed by atoms with van der Waals surface area (Å²) in [6.07, 6.45) is 0.519. The van der Waals surface area contributed by atoms with Crippen molar-refractivity contribution < 1.29 is 9.50 Å². The smallest absolute Gasteiger partial charge is 0.143 e. The molecule has 0 saturated carbocycles. The van der Waals surface area contributed by atoms with Crippen LogP contribution < -0.4 is 4.90 Å². The Labute approximate surface area is 100 Å². The van der Waals surface area contributed by atoms with Crippen molar-refractivity contribution in [3.05, 3.63) is 29.6 Å². The first-order valence-corrected chi connectivity index (χ1v) is 5.74. The van der Waals surface area contributed by atoms with Gasteiger partial charge in [0, 0.05) is 18.8 Å². The Morgan fingerprint density at radius 1 is 1.53 bits per heavy atom. The number of hydrogen-bond acceptors (Lipinski definition) is 3. The van der Waals surface area contributed by atoms with Gasteiger partial charge in [-0.2, -0.15) is 5.26 Å². The molecule has 3 nitrogen and oxygen atoms in total. The van der Waals surface area contributed by atoms with Crippen LogP contribution in [0, 0.1) is 23.1 Å². The van der Waals surface area contributed by atoms with Crippen LogP contribution in [0.15, 0.2) is 18.2 Å². The second-order valence-electron chi connectivity index (χ2n) is 4.56. The average Bonchev–Trinajstić information content (AvgIpc) is 2.32. The third-order valence-corrected chi connectivity index (χ3v) is 3.36. The van der Waals surface area contributed by atoms with Crippen molar-refractivity contribution in [1.82, 2.24) is 0 Å². The fraction of sp³-hybridized carbons (Fsp3) is 0.462. The van der Waals surface area contributed by atoms with Crippen LogP contribution in [-0.2, 0) is 0 Å². The van der Waals surface area contributed by atoms with Gasteiger partial charge in [-0.15, -0.1) is 0 Å². The Morgan fingerprint density at radius 2 is 2.29 bits per heavy atom. The van der Waals surface area contributed by atoms with Crippen molar-refractivity contribution in [2.45, 2.75) is 19.4 Å². The van der Waals surface area contributed by atoms with Crippen molar-refractivity contribution in [3.63, 3.8) is 0 Å². The maximum absolute atomic E-state index is 13.5. The molecule has 0 aromatic heterocycles. The molecule has 1 heterocycles. The molecule has 0 aliphatic carbocycles. The first kappa shape index (κ1) is 11.9. The number of β-amino-alcohol motifs (C(OH)–C–C–N with tert-alkyl or cyclic N) is 1. The highest BCUT2D eigenvalue weighted by Gasteiger charge is 2.24. The lowest BCUT2D eigenvalue weighted by molar-refractivity contribution is 0.103. The predicted octanol–water partition coefficient (Wildman–Crippen LogP) is 1.90. The molecule has 2 atom stereocenters. The molecule has 0 bridgehead atoms. The zero-order valence-corrected chi connectivity index (χ0v) is 9.73.